The van der Waals surface area contributed by atoms with Crippen molar-refractivity contribution in [3.63, 3.8) is 0 Å². The molecule has 7 heteroatoms. The first-order valence-electron chi connectivity index (χ1n) is 11.9. The number of carbonyl (C=O) groups is 2. The number of anilines is 1. The zero-order chi connectivity index (χ0) is 22.4. The molecule has 3 aromatic rings. The molecule has 0 atom stereocenters. The number of H-pyrrole nitrogens is 1. The number of aromatic amines is 1. The molecule has 2 N–H and O–H groups in total. The standard InChI is InChI=1S/C26H28N5O2/c32-25(21-16-27-22-4-2-1-3-20(21)22)31-13-9-19(10-14-31)30-11-7-17(8-12-30)18-5-6-23-24(15-18)29-26(33)28-23/h1-6,15-17,19,27H,7-14H2,(H,28,33). The molecule has 6 rings (SSSR count). The van der Waals surface area contributed by atoms with Gasteiger partial charge >= 0.3 is 6.03 Å². The number of piperidine rings is 2. The summed E-state index contributed by atoms with van der Waals surface area (Å²) in [5.74, 6) is 0.653. The van der Waals surface area contributed by atoms with E-state index in [2.05, 4.69) is 32.7 Å². The van der Waals surface area contributed by atoms with E-state index >= 15 is 0 Å². The lowest BCUT2D eigenvalue weighted by atomic mass is 9.87. The number of aromatic nitrogens is 1. The minimum absolute atomic E-state index is 0.139. The number of rotatable bonds is 3. The summed E-state index contributed by atoms with van der Waals surface area (Å²) in [7, 11) is 0. The molecule has 1 aromatic heterocycles. The summed E-state index contributed by atoms with van der Waals surface area (Å²) in [6, 6.07) is 14.5. The maximum absolute atomic E-state index is 13.1. The van der Waals surface area contributed by atoms with Gasteiger partial charge in [0.2, 0.25) is 0 Å². The van der Waals surface area contributed by atoms with Gasteiger partial charge in [0.05, 0.1) is 16.9 Å². The van der Waals surface area contributed by atoms with E-state index < -0.39 is 0 Å². The Morgan fingerprint density at radius 1 is 0.970 bits per heavy atom. The molecule has 7 nitrogen and oxygen atoms in total. The van der Waals surface area contributed by atoms with Gasteiger partial charge in [0.1, 0.15) is 0 Å². The van der Waals surface area contributed by atoms with Crippen LogP contribution in [-0.2, 0) is 0 Å². The number of benzene rings is 2. The van der Waals surface area contributed by atoms with Crippen molar-refractivity contribution in [1.82, 2.24) is 20.1 Å². The molecule has 0 aliphatic carbocycles. The first kappa shape index (κ1) is 20.3. The summed E-state index contributed by atoms with van der Waals surface area (Å²) in [5.41, 5.74) is 4.66. The maximum atomic E-state index is 13.1. The highest BCUT2D eigenvalue weighted by atomic mass is 16.2. The van der Waals surface area contributed by atoms with Crippen LogP contribution in [0.25, 0.3) is 10.9 Å². The lowest BCUT2D eigenvalue weighted by Gasteiger charge is -2.42. The van der Waals surface area contributed by atoms with Crippen molar-refractivity contribution < 1.29 is 9.59 Å². The van der Waals surface area contributed by atoms with Crippen LogP contribution in [-0.4, -0.2) is 58.9 Å². The molecule has 2 saturated heterocycles. The van der Waals surface area contributed by atoms with Crippen molar-refractivity contribution in [1.29, 1.82) is 0 Å². The fourth-order valence-electron chi connectivity index (χ4n) is 5.70. The Morgan fingerprint density at radius 3 is 2.58 bits per heavy atom. The second-order valence-corrected chi connectivity index (χ2v) is 9.40. The number of urea groups is 1. The summed E-state index contributed by atoms with van der Waals surface area (Å²) in [4.78, 5) is 32.5. The number of para-hydroxylation sites is 1. The third kappa shape index (κ3) is 3.76. The fraction of sp³-hybridized carbons (Fsp3) is 0.385. The second kappa shape index (κ2) is 8.23. The zero-order valence-corrected chi connectivity index (χ0v) is 18.6. The molecular weight excluding hydrogens is 414 g/mol. The number of carbonyl (C=O) groups excluding carboxylic acids is 2. The summed E-state index contributed by atoms with van der Waals surface area (Å²) >= 11 is 0. The van der Waals surface area contributed by atoms with E-state index in [0.717, 1.165) is 79.7 Å². The summed E-state index contributed by atoms with van der Waals surface area (Å²) in [6.45, 7) is 3.79. The molecule has 4 heterocycles. The van der Waals surface area contributed by atoms with E-state index in [0.29, 0.717) is 12.0 Å². The first-order valence-corrected chi connectivity index (χ1v) is 11.9. The molecule has 169 valence electrons. The Hall–Kier alpha value is -3.32. The highest BCUT2D eigenvalue weighted by Crippen LogP contribution is 2.36. The van der Waals surface area contributed by atoms with Crippen molar-refractivity contribution in [2.45, 2.75) is 37.6 Å². The van der Waals surface area contributed by atoms with E-state index in [1.807, 2.05) is 41.4 Å². The van der Waals surface area contributed by atoms with Crippen LogP contribution in [0.1, 0.15) is 47.5 Å². The quantitative estimate of drug-likeness (QED) is 0.629. The van der Waals surface area contributed by atoms with Crippen LogP contribution in [0.3, 0.4) is 0 Å². The van der Waals surface area contributed by atoms with Crippen molar-refractivity contribution in [2.75, 3.05) is 31.5 Å². The monoisotopic (exact) mass is 442 g/mol. The Labute approximate surface area is 193 Å². The second-order valence-electron chi connectivity index (χ2n) is 9.40. The van der Waals surface area contributed by atoms with Gasteiger partial charge in [-0.25, -0.2) is 4.79 Å². The largest absolute Gasteiger partial charge is 0.360 e. The molecule has 2 fully saturated rings. The van der Waals surface area contributed by atoms with E-state index in [4.69, 9.17) is 0 Å². The highest BCUT2D eigenvalue weighted by molar-refractivity contribution is 6.06. The van der Waals surface area contributed by atoms with Gasteiger partial charge in [0, 0.05) is 36.2 Å². The molecule has 3 aliphatic rings. The molecule has 2 aromatic carbocycles. The van der Waals surface area contributed by atoms with Gasteiger partial charge in [-0.1, -0.05) is 24.3 Å². The van der Waals surface area contributed by atoms with Crippen LogP contribution < -0.4 is 10.6 Å². The minimum Gasteiger partial charge on any atom is -0.360 e. The Kier molecular flexibility index (Phi) is 5.06. The molecule has 1 radical (unpaired) electrons. The van der Waals surface area contributed by atoms with Crippen molar-refractivity contribution >= 4 is 34.2 Å². The predicted molar refractivity (Wildman–Crippen MR) is 128 cm³/mol. The first-order chi connectivity index (χ1) is 16.2. The molecule has 3 aliphatic heterocycles. The van der Waals surface area contributed by atoms with Gasteiger partial charge in [0.15, 0.2) is 0 Å². The van der Waals surface area contributed by atoms with Crippen LogP contribution in [0.2, 0.25) is 0 Å². The van der Waals surface area contributed by atoms with Crippen LogP contribution >= 0.6 is 0 Å². The van der Waals surface area contributed by atoms with Gasteiger partial charge in [-0.15, -0.1) is 0 Å². The third-order valence-electron chi connectivity index (χ3n) is 7.57. The highest BCUT2D eigenvalue weighted by Gasteiger charge is 2.31. The summed E-state index contributed by atoms with van der Waals surface area (Å²) < 4.78 is 0. The molecule has 0 saturated carbocycles. The molecule has 0 bridgehead atoms. The van der Waals surface area contributed by atoms with E-state index in [-0.39, 0.29) is 11.9 Å². The average molecular weight is 443 g/mol. The third-order valence-corrected chi connectivity index (χ3v) is 7.57. The lowest BCUT2D eigenvalue weighted by molar-refractivity contribution is 0.0580. The number of hydrogen-bond donors (Lipinski definition) is 2. The van der Waals surface area contributed by atoms with E-state index in [9.17, 15) is 9.59 Å². The van der Waals surface area contributed by atoms with Crippen LogP contribution in [0, 0.1) is 0 Å². The predicted octanol–water partition coefficient (Wildman–Crippen LogP) is 4.43. The van der Waals surface area contributed by atoms with Crippen molar-refractivity contribution in [3.8, 4) is 0 Å². The van der Waals surface area contributed by atoms with Crippen LogP contribution in [0.5, 0.6) is 0 Å². The fourth-order valence-corrected chi connectivity index (χ4v) is 5.70. The molecule has 3 amide bonds. The minimum atomic E-state index is -0.272. The Morgan fingerprint density at radius 2 is 1.76 bits per heavy atom. The molecule has 0 unspecified atom stereocenters. The summed E-state index contributed by atoms with van der Waals surface area (Å²) in [6.07, 6.45) is 6.15. The zero-order valence-electron chi connectivity index (χ0n) is 18.6. The molecule has 0 spiro atoms. The number of amides is 3. The average Bonchev–Trinajstić information content (AvgIpc) is 3.46. The Balaban J connectivity index is 1.04. The van der Waals surface area contributed by atoms with E-state index in [1.54, 1.807) is 0 Å². The normalized spacial score (nSPS) is 20.0. The smallest absolute Gasteiger partial charge is 0.346 e. The maximum Gasteiger partial charge on any atom is 0.346 e. The Bertz CT molecular complexity index is 1200. The van der Waals surface area contributed by atoms with Crippen molar-refractivity contribution in [3.05, 3.63) is 59.8 Å². The van der Waals surface area contributed by atoms with Gasteiger partial charge in [-0.2, -0.15) is 5.32 Å². The number of likely N-dealkylation sites (tertiary alicyclic amines) is 2. The van der Waals surface area contributed by atoms with Crippen LogP contribution in [0.4, 0.5) is 16.2 Å². The summed E-state index contributed by atoms with van der Waals surface area (Å²) in [5, 5.41) is 7.83. The molecule has 33 heavy (non-hydrogen) atoms. The van der Waals surface area contributed by atoms with Gasteiger partial charge in [-0.05, 0) is 68.5 Å². The van der Waals surface area contributed by atoms with E-state index in [1.165, 1.54) is 5.56 Å². The van der Waals surface area contributed by atoms with Gasteiger partial charge in [0.25, 0.3) is 5.91 Å². The number of fused-ring (bicyclic) bond motifs is 2. The lowest BCUT2D eigenvalue weighted by Crippen LogP contribution is -2.48. The number of hydrogen-bond acceptors (Lipinski definition) is 3. The SMILES string of the molecule is O=C1[N]c2cc(C3CCN(C4CCN(C(=O)c5c[nH]c6ccccc56)CC4)CC3)ccc2N1. The number of nitrogens with zero attached hydrogens (tertiary/aromatic N) is 3. The number of nitrogens with one attached hydrogen (secondary N) is 2. The topological polar surface area (TPSA) is 82.5 Å². The van der Waals surface area contributed by atoms with Crippen molar-refractivity contribution in [2.24, 2.45) is 0 Å². The van der Waals surface area contributed by atoms with Gasteiger partial charge < -0.3 is 20.1 Å². The molecular formula is C26H28N5O2. The van der Waals surface area contributed by atoms with Crippen LogP contribution in [0.15, 0.2) is 48.7 Å². The van der Waals surface area contributed by atoms with Gasteiger partial charge in [-0.3, -0.25) is 4.79 Å².